The summed E-state index contributed by atoms with van der Waals surface area (Å²) in [5, 5.41) is 0. The van der Waals surface area contributed by atoms with E-state index in [2.05, 4.69) is 31.0 Å². The molecular formula is C18H24N2O. The van der Waals surface area contributed by atoms with Crippen LogP contribution < -0.4 is 10.5 Å². The molecule has 0 aliphatic rings. The fourth-order valence-electron chi connectivity index (χ4n) is 2.38. The maximum atomic E-state index is 6.00. The van der Waals surface area contributed by atoms with Crippen LogP contribution in [0.2, 0.25) is 0 Å². The van der Waals surface area contributed by atoms with E-state index in [1.54, 1.807) is 0 Å². The molecule has 0 amide bonds. The summed E-state index contributed by atoms with van der Waals surface area (Å²) in [5.74, 6) is 1.68. The number of aromatic nitrogens is 1. The second-order valence-corrected chi connectivity index (χ2v) is 5.62. The molecule has 2 rings (SSSR count). The van der Waals surface area contributed by atoms with Crippen molar-refractivity contribution in [3.8, 4) is 11.5 Å². The van der Waals surface area contributed by atoms with Crippen LogP contribution in [-0.2, 0) is 12.8 Å². The third-order valence-electron chi connectivity index (χ3n) is 3.49. The Morgan fingerprint density at radius 3 is 2.57 bits per heavy atom. The Labute approximate surface area is 127 Å². The Morgan fingerprint density at radius 2 is 1.95 bits per heavy atom. The van der Waals surface area contributed by atoms with E-state index in [4.69, 9.17) is 10.5 Å². The summed E-state index contributed by atoms with van der Waals surface area (Å²) in [4.78, 5) is 4.53. The fourth-order valence-corrected chi connectivity index (χ4v) is 2.38. The highest BCUT2D eigenvalue weighted by atomic mass is 16.5. The van der Waals surface area contributed by atoms with Crippen LogP contribution in [0, 0.1) is 13.8 Å². The Morgan fingerprint density at radius 1 is 1.19 bits per heavy atom. The minimum absolute atomic E-state index is 0.170. The van der Waals surface area contributed by atoms with E-state index in [-0.39, 0.29) is 6.04 Å². The lowest BCUT2D eigenvalue weighted by Crippen LogP contribution is -2.18. The predicted molar refractivity (Wildman–Crippen MR) is 87.0 cm³/mol. The summed E-state index contributed by atoms with van der Waals surface area (Å²) in [6.07, 6.45) is 1.75. The van der Waals surface area contributed by atoms with Crippen molar-refractivity contribution in [2.75, 3.05) is 0 Å². The molecule has 0 saturated carbocycles. The molecule has 0 saturated heterocycles. The monoisotopic (exact) mass is 284 g/mol. The molecule has 0 bridgehead atoms. The van der Waals surface area contributed by atoms with E-state index < -0.39 is 0 Å². The second-order valence-electron chi connectivity index (χ2n) is 5.62. The highest BCUT2D eigenvalue weighted by Gasteiger charge is 2.08. The van der Waals surface area contributed by atoms with Crippen LogP contribution >= 0.6 is 0 Å². The van der Waals surface area contributed by atoms with Gasteiger partial charge in [-0.25, -0.2) is 0 Å². The number of nitrogens with zero attached hydrogens (tertiary/aromatic N) is 1. The summed E-state index contributed by atoms with van der Waals surface area (Å²) < 4.78 is 6.00. The first-order valence-corrected chi connectivity index (χ1v) is 7.49. The van der Waals surface area contributed by atoms with E-state index >= 15 is 0 Å². The van der Waals surface area contributed by atoms with Gasteiger partial charge >= 0.3 is 0 Å². The molecule has 0 aliphatic heterocycles. The molecule has 0 aliphatic carbocycles. The van der Waals surface area contributed by atoms with Crippen LogP contribution in [0.5, 0.6) is 11.5 Å². The molecule has 3 nitrogen and oxygen atoms in total. The highest BCUT2D eigenvalue weighted by molar-refractivity contribution is 5.39. The number of aryl methyl sites for hydroxylation is 3. The zero-order valence-corrected chi connectivity index (χ0v) is 13.3. The van der Waals surface area contributed by atoms with Crippen molar-refractivity contribution in [2.45, 2.75) is 46.6 Å². The summed E-state index contributed by atoms with van der Waals surface area (Å²) >= 11 is 0. The van der Waals surface area contributed by atoms with Gasteiger partial charge in [-0.1, -0.05) is 13.0 Å². The van der Waals surface area contributed by atoms with Crippen LogP contribution in [0.25, 0.3) is 0 Å². The van der Waals surface area contributed by atoms with E-state index in [9.17, 15) is 0 Å². The number of hydrogen-bond acceptors (Lipinski definition) is 3. The fraction of sp³-hybridized carbons (Fsp3) is 0.389. The topological polar surface area (TPSA) is 48.1 Å². The average molecular weight is 284 g/mol. The first-order valence-electron chi connectivity index (χ1n) is 7.49. The maximum Gasteiger partial charge on any atom is 0.148 e. The summed E-state index contributed by atoms with van der Waals surface area (Å²) in [5.41, 5.74) is 10.4. The van der Waals surface area contributed by atoms with E-state index in [1.807, 2.05) is 32.0 Å². The van der Waals surface area contributed by atoms with Crippen LogP contribution in [0.15, 0.2) is 30.3 Å². The van der Waals surface area contributed by atoms with Crippen LogP contribution in [-0.4, -0.2) is 11.0 Å². The minimum atomic E-state index is 0.170. The molecule has 2 aromatic rings. The van der Waals surface area contributed by atoms with Gasteiger partial charge in [0.25, 0.3) is 0 Å². The van der Waals surface area contributed by atoms with Gasteiger partial charge in [0.15, 0.2) is 0 Å². The van der Waals surface area contributed by atoms with E-state index in [0.29, 0.717) is 0 Å². The first kappa shape index (κ1) is 15.5. The molecule has 3 heteroatoms. The normalized spacial score (nSPS) is 12.2. The molecule has 1 atom stereocenters. The van der Waals surface area contributed by atoms with Gasteiger partial charge in [0, 0.05) is 11.7 Å². The largest absolute Gasteiger partial charge is 0.455 e. The first-order chi connectivity index (χ1) is 9.99. The molecule has 0 radical (unpaired) electrons. The predicted octanol–water partition coefficient (Wildman–Crippen LogP) is 3.94. The van der Waals surface area contributed by atoms with Crippen molar-refractivity contribution in [1.82, 2.24) is 4.98 Å². The molecular weight excluding hydrogens is 260 g/mol. The van der Waals surface area contributed by atoms with Gasteiger partial charge in [0.05, 0.1) is 5.69 Å². The second kappa shape index (κ2) is 6.72. The molecule has 0 fully saturated rings. The Bertz CT molecular complexity index is 621. The summed E-state index contributed by atoms with van der Waals surface area (Å²) in [6, 6.07) is 10.3. The summed E-state index contributed by atoms with van der Waals surface area (Å²) in [6.45, 7) is 8.20. The van der Waals surface area contributed by atoms with Gasteiger partial charge in [-0.15, -0.1) is 0 Å². The number of nitrogens with two attached hydrogens (primary N) is 1. The van der Waals surface area contributed by atoms with E-state index in [1.165, 1.54) is 11.1 Å². The Kier molecular flexibility index (Phi) is 4.97. The lowest BCUT2D eigenvalue weighted by molar-refractivity contribution is 0.472. The van der Waals surface area contributed by atoms with Crippen LogP contribution in [0.3, 0.4) is 0 Å². The van der Waals surface area contributed by atoms with Crippen molar-refractivity contribution in [3.63, 3.8) is 0 Å². The van der Waals surface area contributed by atoms with Crippen LogP contribution in [0.1, 0.15) is 36.4 Å². The SMILES string of the molecule is CCc1nc(C)ccc1Oc1ccc(CC(C)N)c(C)c1. The number of hydrogen-bond donors (Lipinski definition) is 1. The lowest BCUT2D eigenvalue weighted by Gasteiger charge is -2.13. The third kappa shape index (κ3) is 4.05. The molecule has 1 aromatic carbocycles. The highest BCUT2D eigenvalue weighted by Crippen LogP contribution is 2.27. The lowest BCUT2D eigenvalue weighted by atomic mass is 10.0. The third-order valence-corrected chi connectivity index (χ3v) is 3.49. The van der Waals surface area contributed by atoms with Gasteiger partial charge in [0.2, 0.25) is 0 Å². The molecule has 1 aromatic heterocycles. The minimum Gasteiger partial charge on any atom is -0.455 e. The number of ether oxygens (including phenoxy) is 1. The molecule has 21 heavy (non-hydrogen) atoms. The molecule has 112 valence electrons. The Balaban J connectivity index is 2.22. The van der Waals surface area contributed by atoms with Gasteiger partial charge in [-0.3, -0.25) is 4.98 Å². The molecule has 2 N–H and O–H groups in total. The molecule has 1 heterocycles. The Hall–Kier alpha value is -1.87. The van der Waals surface area contributed by atoms with Crippen LogP contribution in [0.4, 0.5) is 0 Å². The van der Waals surface area contributed by atoms with Gasteiger partial charge in [-0.05, 0) is 69.0 Å². The zero-order chi connectivity index (χ0) is 15.4. The van der Waals surface area contributed by atoms with E-state index in [0.717, 1.165) is 35.7 Å². The van der Waals surface area contributed by atoms with Gasteiger partial charge in [-0.2, -0.15) is 0 Å². The number of benzene rings is 1. The quantitative estimate of drug-likeness (QED) is 0.904. The standard InChI is InChI=1S/C18H24N2O/c1-5-17-18(9-6-14(4)20-17)21-16-8-7-15(11-13(3)19)12(2)10-16/h6-10,13H,5,11,19H2,1-4H3. The molecule has 1 unspecified atom stereocenters. The zero-order valence-electron chi connectivity index (χ0n) is 13.3. The average Bonchev–Trinajstić information content (AvgIpc) is 2.43. The molecule has 0 spiro atoms. The summed E-state index contributed by atoms with van der Waals surface area (Å²) in [7, 11) is 0. The van der Waals surface area contributed by atoms with Crippen molar-refractivity contribution >= 4 is 0 Å². The van der Waals surface area contributed by atoms with Crippen molar-refractivity contribution in [2.24, 2.45) is 5.73 Å². The van der Waals surface area contributed by atoms with Crippen molar-refractivity contribution < 1.29 is 4.74 Å². The maximum absolute atomic E-state index is 6.00. The number of pyridine rings is 1. The van der Waals surface area contributed by atoms with Crippen molar-refractivity contribution in [1.29, 1.82) is 0 Å². The number of rotatable bonds is 5. The van der Waals surface area contributed by atoms with Gasteiger partial charge < -0.3 is 10.5 Å². The smallest absolute Gasteiger partial charge is 0.148 e. The van der Waals surface area contributed by atoms with Gasteiger partial charge in [0.1, 0.15) is 11.5 Å². The van der Waals surface area contributed by atoms with Crippen molar-refractivity contribution in [3.05, 3.63) is 52.8 Å².